The molecule has 1 atom stereocenters. The van der Waals surface area contributed by atoms with Crippen LogP contribution in [0.25, 0.3) is 0 Å². The Morgan fingerprint density at radius 3 is 2.27 bits per heavy atom. The van der Waals surface area contributed by atoms with E-state index in [1.165, 1.54) is 0 Å². The van der Waals surface area contributed by atoms with E-state index in [1.807, 2.05) is 0 Å². The van der Waals surface area contributed by atoms with Gasteiger partial charge in [0.15, 0.2) is 0 Å². The Hall–Kier alpha value is -0.0100. The second kappa shape index (κ2) is 3.59. The molecule has 60 valence electrons. The second-order valence-electron chi connectivity index (χ2n) is 1.88. The third-order valence-electron chi connectivity index (χ3n) is 1.15. The number of hydrogen-bond acceptors (Lipinski definition) is 2. The summed E-state index contributed by atoms with van der Waals surface area (Å²) in [5, 5.41) is 0.400. The molecule has 0 aliphatic carbocycles. The molecule has 0 amide bonds. The zero-order valence-corrected chi connectivity index (χ0v) is 7.81. The van der Waals surface area contributed by atoms with Gasteiger partial charge >= 0.3 is 6.72 Å². The van der Waals surface area contributed by atoms with E-state index in [4.69, 9.17) is 23.1 Å². The Morgan fingerprint density at radius 1 is 1.27 bits per heavy atom. The van der Waals surface area contributed by atoms with Crippen molar-refractivity contribution in [3.63, 3.8) is 0 Å². The smallest absolute Gasteiger partial charge is 0.268 e. The summed E-state index contributed by atoms with van der Waals surface area (Å²) in [7, 11) is 0. The molecule has 0 saturated heterocycles. The Bertz CT molecular complexity index is 275. The van der Waals surface area contributed by atoms with Gasteiger partial charge in [0.2, 0.25) is 0 Å². The summed E-state index contributed by atoms with van der Waals surface area (Å²) in [6.07, 6.45) is 0. The van der Waals surface area contributed by atoms with Crippen molar-refractivity contribution in [1.82, 2.24) is 0 Å². The molecule has 0 saturated carbocycles. The summed E-state index contributed by atoms with van der Waals surface area (Å²) in [6.45, 7) is -3.29. The van der Waals surface area contributed by atoms with Crippen LogP contribution in [0.1, 0.15) is 0 Å². The highest BCUT2D eigenvalue weighted by Crippen LogP contribution is 2.52. The van der Waals surface area contributed by atoms with E-state index >= 15 is 0 Å². The number of halogens is 2. The summed E-state index contributed by atoms with van der Waals surface area (Å²) >= 11 is 10.4. The molecule has 0 aliphatic heterocycles. The lowest BCUT2D eigenvalue weighted by Gasteiger charge is -2.03. The lowest BCUT2D eigenvalue weighted by Crippen LogP contribution is -1.98. The summed E-state index contributed by atoms with van der Waals surface area (Å²) in [6, 6.07) is 8.39. The van der Waals surface area contributed by atoms with Gasteiger partial charge in [-0.1, -0.05) is 18.2 Å². The van der Waals surface area contributed by atoms with Gasteiger partial charge in [-0.05, 0) is 23.4 Å². The summed E-state index contributed by atoms with van der Waals surface area (Å²) in [5.41, 5.74) is 0. The first-order valence-electron chi connectivity index (χ1n) is 2.82. The molecule has 0 spiro atoms. The topological polar surface area (TPSA) is 26.3 Å². The first-order chi connectivity index (χ1) is 5.17. The minimum atomic E-state index is -3.29. The zero-order valence-electron chi connectivity index (χ0n) is 5.41. The summed E-state index contributed by atoms with van der Waals surface area (Å²) < 4.78 is 15.3. The molecule has 2 nitrogen and oxygen atoms in total. The maximum absolute atomic E-state index is 11.2. The predicted molar refractivity (Wildman–Crippen MR) is 46.5 cm³/mol. The van der Waals surface area contributed by atoms with Crippen molar-refractivity contribution < 1.29 is 8.64 Å². The van der Waals surface area contributed by atoms with Gasteiger partial charge in [0.25, 0.3) is 0 Å². The molecular formula is C6H5Cl2O2P. The fourth-order valence-corrected chi connectivity index (χ4v) is 1.83. The van der Waals surface area contributed by atoms with Gasteiger partial charge in [-0.15, -0.1) is 0 Å². The average Bonchev–Trinajstić information content (AvgIpc) is 2.06. The monoisotopic (exact) mass is 210 g/mol. The molecule has 0 fully saturated rings. The quantitative estimate of drug-likeness (QED) is 0.703. The standard InChI is InChI=1S/C6H5Cl2O2P/c7-10-11(8,9)6-4-2-1-3-5-6/h1-5H. The van der Waals surface area contributed by atoms with Gasteiger partial charge in [0.1, 0.15) is 0 Å². The Kier molecular flexibility index (Phi) is 2.97. The van der Waals surface area contributed by atoms with Crippen LogP contribution < -0.4 is 5.30 Å². The summed E-state index contributed by atoms with van der Waals surface area (Å²) in [5.74, 6) is 0. The molecule has 0 bridgehead atoms. The van der Waals surface area contributed by atoms with Crippen molar-refractivity contribution in [3.8, 4) is 0 Å². The van der Waals surface area contributed by atoms with Crippen LogP contribution in [0.4, 0.5) is 0 Å². The zero-order chi connectivity index (χ0) is 8.32. The van der Waals surface area contributed by atoms with Crippen LogP contribution in [-0.2, 0) is 8.64 Å². The van der Waals surface area contributed by atoms with Crippen LogP contribution in [0.3, 0.4) is 0 Å². The van der Waals surface area contributed by atoms with Gasteiger partial charge in [-0.3, -0.25) is 4.57 Å². The minimum Gasteiger partial charge on any atom is -0.268 e. The highest BCUT2D eigenvalue weighted by molar-refractivity contribution is 7.91. The minimum absolute atomic E-state index is 0.400. The second-order valence-corrected chi connectivity index (χ2v) is 5.25. The normalized spacial score (nSPS) is 15.8. The van der Waals surface area contributed by atoms with Crippen molar-refractivity contribution in [2.24, 2.45) is 0 Å². The van der Waals surface area contributed by atoms with Crippen molar-refractivity contribution in [2.75, 3.05) is 0 Å². The van der Waals surface area contributed by atoms with E-state index in [1.54, 1.807) is 30.3 Å². The van der Waals surface area contributed by atoms with Crippen molar-refractivity contribution in [1.29, 1.82) is 0 Å². The lowest BCUT2D eigenvalue weighted by molar-refractivity contribution is 0.529. The van der Waals surface area contributed by atoms with Crippen LogP contribution in [0.2, 0.25) is 0 Å². The fourth-order valence-electron chi connectivity index (χ4n) is 0.646. The highest BCUT2D eigenvalue weighted by Gasteiger charge is 2.21. The Morgan fingerprint density at radius 2 is 1.82 bits per heavy atom. The van der Waals surface area contributed by atoms with E-state index in [0.29, 0.717) is 5.30 Å². The van der Waals surface area contributed by atoms with Crippen molar-refractivity contribution in [2.45, 2.75) is 0 Å². The third kappa shape index (κ3) is 2.21. The van der Waals surface area contributed by atoms with E-state index in [0.717, 1.165) is 0 Å². The molecule has 11 heavy (non-hydrogen) atoms. The fraction of sp³-hybridized carbons (Fsp3) is 0. The molecule has 0 heterocycles. The molecule has 1 aromatic carbocycles. The SMILES string of the molecule is O=P(Cl)(OCl)c1ccccc1. The predicted octanol–water partition coefficient (Wildman–Crippen LogP) is 2.91. The maximum atomic E-state index is 11.2. The van der Waals surface area contributed by atoms with Crippen LogP contribution >= 0.6 is 29.8 Å². The van der Waals surface area contributed by atoms with E-state index in [-0.39, 0.29) is 0 Å². The first-order valence-corrected chi connectivity index (χ1v) is 5.66. The molecule has 0 aliphatic rings. The molecule has 1 rings (SSSR count). The van der Waals surface area contributed by atoms with Crippen LogP contribution in [-0.4, -0.2) is 0 Å². The number of benzene rings is 1. The summed E-state index contributed by atoms with van der Waals surface area (Å²) in [4.78, 5) is 0. The van der Waals surface area contributed by atoms with Crippen LogP contribution in [0.15, 0.2) is 30.3 Å². The molecule has 1 unspecified atom stereocenters. The lowest BCUT2D eigenvalue weighted by atomic mass is 10.4. The molecule has 1 aromatic rings. The molecule has 0 N–H and O–H groups in total. The number of hydrogen-bond donors (Lipinski definition) is 0. The third-order valence-corrected chi connectivity index (χ3v) is 3.83. The number of rotatable bonds is 2. The van der Waals surface area contributed by atoms with Gasteiger partial charge in [-0.2, -0.15) is 0 Å². The van der Waals surface area contributed by atoms with E-state index < -0.39 is 6.72 Å². The van der Waals surface area contributed by atoms with Gasteiger partial charge < -0.3 is 0 Å². The maximum Gasteiger partial charge on any atom is 0.335 e. The average molecular weight is 211 g/mol. The molecule has 0 aromatic heterocycles. The van der Waals surface area contributed by atoms with Crippen molar-refractivity contribution in [3.05, 3.63) is 30.3 Å². The van der Waals surface area contributed by atoms with Gasteiger partial charge in [0, 0.05) is 0 Å². The van der Waals surface area contributed by atoms with E-state index in [9.17, 15) is 4.57 Å². The molecule has 5 heteroatoms. The molecule has 0 radical (unpaired) electrons. The van der Waals surface area contributed by atoms with Gasteiger partial charge in [0.05, 0.1) is 17.2 Å². The van der Waals surface area contributed by atoms with Crippen LogP contribution in [0.5, 0.6) is 0 Å². The molecular weight excluding hydrogens is 206 g/mol. The largest absolute Gasteiger partial charge is 0.335 e. The van der Waals surface area contributed by atoms with E-state index in [2.05, 4.69) is 4.08 Å². The first kappa shape index (κ1) is 9.08. The van der Waals surface area contributed by atoms with Crippen molar-refractivity contribution >= 4 is 35.1 Å². The highest BCUT2D eigenvalue weighted by atomic mass is 35.7. The van der Waals surface area contributed by atoms with Gasteiger partial charge in [-0.25, -0.2) is 4.08 Å². The van der Waals surface area contributed by atoms with Crippen LogP contribution in [0, 0.1) is 0 Å². The Labute approximate surface area is 74.5 Å². The Balaban J connectivity index is 3.03.